The highest BCUT2D eigenvalue weighted by Gasteiger charge is 2.13. The van der Waals surface area contributed by atoms with Crippen LogP contribution >= 0.6 is 0 Å². The van der Waals surface area contributed by atoms with Crippen LogP contribution in [0.5, 0.6) is 0 Å². The fourth-order valence-corrected chi connectivity index (χ4v) is 2.17. The Bertz CT molecular complexity index is 150. The van der Waals surface area contributed by atoms with Gasteiger partial charge in [0.2, 0.25) is 0 Å². The smallest absolute Gasteiger partial charge is 0.0782 e. The van der Waals surface area contributed by atoms with Crippen LogP contribution < -0.4 is 0 Å². The molecule has 0 amide bonds. The number of nitrogens with zero attached hydrogens (tertiary/aromatic N) is 1. The summed E-state index contributed by atoms with van der Waals surface area (Å²) in [7, 11) is 4.78. The molecule has 1 nitrogen and oxygen atoms in total. The lowest BCUT2D eigenvalue weighted by Gasteiger charge is -2.30. The van der Waals surface area contributed by atoms with E-state index in [4.69, 9.17) is 0 Å². The Morgan fingerprint density at radius 2 is 1.38 bits per heavy atom. The van der Waals surface area contributed by atoms with Crippen molar-refractivity contribution in [1.29, 1.82) is 0 Å². The zero-order valence-electron chi connectivity index (χ0n) is 12.4. The summed E-state index contributed by atoms with van der Waals surface area (Å²) in [5.74, 6) is 0.875. The average molecular weight is 228 g/mol. The minimum atomic E-state index is 0.875. The van der Waals surface area contributed by atoms with Gasteiger partial charge in [-0.2, -0.15) is 0 Å². The molecule has 0 aromatic carbocycles. The molecule has 0 aliphatic carbocycles. The van der Waals surface area contributed by atoms with Gasteiger partial charge in [-0.15, -0.1) is 0 Å². The minimum Gasteiger partial charge on any atom is -0.328 e. The van der Waals surface area contributed by atoms with Gasteiger partial charge in [-0.3, -0.25) is 0 Å². The third-order valence-corrected chi connectivity index (χ3v) is 3.41. The molecule has 0 aliphatic rings. The Kier molecular flexibility index (Phi) is 9.02. The molecule has 0 fully saturated rings. The molecule has 0 unspecified atom stereocenters. The number of hydrogen-bond acceptors (Lipinski definition) is 0. The van der Waals surface area contributed by atoms with Gasteiger partial charge in [0.25, 0.3) is 0 Å². The largest absolute Gasteiger partial charge is 0.328 e. The second-order valence-electron chi connectivity index (χ2n) is 6.33. The Morgan fingerprint density at radius 1 is 0.812 bits per heavy atom. The number of rotatable bonds is 10. The molecule has 0 aromatic heterocycles. The summed E-state index contributed by atoms with van der Waals surface area (Å²) in [5.41, 5.74) is 0. The van der Waals surface area contributed by atoms with Gasteiger partial charge in [-0.05, 0) is 31.6 Å². The first kappa shape index (κ1) is 16.0. The van der Waals surface area contributed by atoms with Crippen molar-refractivity contribution in [2.75, 3.05) is 27.2 Å². The zero-order valence-corrected chi connectivity index (χ0v) is 12.4. The zero-order chi connectivity index (χ0) is 12.4. The summed E-state index contributed by atoms with van der Waals surface area (Å²) in [4.78, 5) is 0. The molecule has 98 valence electrons. The highest BCUT2D eigenvalue weighted by atomic mass is 15.3. The molecular weight excluding hydrogens is 194 g/mol. The number of unbranched alkanes of at least 4 members (excludes halogenated alkanes) is 4. The van der Waals surface area contributed by atoms with Gasteiger partial charge >= 0.3 is 0 Å². The summed E-state index contributed by atoms with van der Waals surface area (Å²) in [6.07, 6.45) is 9.80. The summed E-state index contributed by atoms with van der Waals surface area (Å²) in [6.45, 7) is 9.65. The van der Waals surface area contributed by atoms with E-state index in [1.807, 2.05) is 0 Å². The van der Waals surface area contributed by atoms with Gasteiger partial charge in [-0.25, -0.2) is 0 Å². The summed E-state index contributed by atoms with van der Waals surface area (Å²) in [5, 5.41) is 0. The third kappa shape index (κ3) is 10.5. The van der Waals surface area contributed by atoms with Crippen molar-refractivity contribution in [3.05, 3.63) is 0 Å². The van der Waals surface area contributed by atoms with Crippen molar-refractivity contribution in [1.82, 2.24) is 0 Å². The molecule has 0 spiro atoms. The SMILES string of the molecule is CCCCCC[N+](C)(C)CCCCC(C)C. The van der Waals surface area contributed by atoms with Gasteiger partial charge in [0, 0.05) is 0 Å². The molecule has 16 heavy (non-hydrogen) atoms. The maximum Gasteiger partial charge on any atom is 0.0782 e. The highest BCUT2D eigenvalue weighted by molar-refractivity contribution is 4.47. The van der Waals surface area contributed by atoms with Crippen molar-refractivity contribution in [3.63, 3.8) is 0 Å². The second kappa shape index (κ2) is 9.04. The van der Waals surface area contributed by atoms with Crippen LogP contribution in [0.3, 0.4) is 0 Å². The molecule has 0 aliphatic heterocycles. The highest BCUT2D eigenvalue weighted by Crippen LogP contribution is 2.10. The van der Waals surface area contributed by atoms with E-state index in [0.717, 1.165) is 5.92 Å². The first-order valence-corrected chi connectivity index (χ1v) is 7.30. The predicted octanol–water partition coefficient (Wildman–Crippen LogP) is 4.47. The molecule has 0 aromatic rings. The minimum absolute atomic E-state index is 0.875. The van der Waals surface area contributed by atoms with E-state index >= 15 is 0 Å². The molecule has 0 radical (unpaired) electrons. The molecule has 1 heteroatoms. The van der Waals surface area contributed by atoms with Crippen LogP contribution in [0, 0.1) is 5.92 Å². The fourth-order valence-electron chi connectivity index (χ4n) is 2.17. The standard InChI is InChI=1S/C15H34N/c1-6-7-8-10-13-16(4,5)14-11-9-12-15(2)3/h15H,6-14H2,1-5H3/q+1. The van der Waals surface area contributed by atoms with Crippen molar-refractivity contribution in [3.8, 4) is 0 Å². The number of quaternary nitrogens is 1. The molecule has 0 heterocycles. The first-order chi connectivity index (χ1) is 7.48. The maximum absolute atomic E-state index is 2.39. The summed E-state index contributed by atoms with van der Waals surface area (Å²) < 4.78 is 1.22. The summed E-state index contributed by atoms with van der Waals surface area (Å²) in [6, 6.07) is 0. The summed E-state index contributed by atoms with van der Waals surface area (Å²) >= 11 is 0. The van der Waals surface area contributed by atoms with Crippen LogP contribution in [0.4, 0.5) is 0 Å². The van der Waals surface area contributed by atoms with Crippen LogP contribution in [0.25, 0.3) is 0 Å². The molecule has 0 saturated heterocycles. The Morgan fingerprint density at radius 3 is 1.88 bits per heavy atom. The van der Waals surface area contributed by atoms with Crippen LogP contribution in [-0.2, 0) is 0 Å². The van der Waals surface area contributed by atoms with Crippen molar-refractivity contribution < 1.29 is 4.48 Å². The van der Waals surface area contributed by atoms with Crippen LogP contribution in [0.2, 0.25) is 0 Å². The van der Waals surface area contributed by atoms with E-state index in [0.29, 0.717) is 0 Å². The Hall–Kier alpha value is -0.0400. The maximum atomic E-state index is 2.39. The van der Waals surface area contributed by atoms with E-state index in [1.54, 1.807) is 0 Å². The monoisotopic (exact) mass is 228 g/mol. The van der Waals surface area contributed by atoms with Crippen molar-refractivity contribution >= 4 is 0 Å². The van der Waals surface area contributed by atoms with Gasteiger partial charge in [-0.1, -0.05) is 40.0 Å². The molecule has 0 bridgehead atoms. The van der Waals surface area contributed by atoms with Crippen molar-refractivity contribution in [2.24, 2.45) is 5.92 Å². The van der Waals surface area contributed by atoms with E-state index < -0.39 is 0 Å². The molecule has 0 rings (SSSR count). The predicted molar refractivity (Wildman–Crippen MR) is 74.7 cm³/mol. The molecule has 0 N–H and O–H groups in total. The topological polar surface area (TPSA) is 0 Å². The normalized spacial score (nSPS) is 12.4. The lowest BCUT2D eigenvalue weighted by molar-refractivity contribution is -0.890. The first-order valence-electron chi connectivity index (χ1n) is 7.30. The Labute approximate surface area is 104 Å². The lowest BCUT2D eigenvalue weighted by Crippen LogP contribution is -2.41. The Balaban J connectivity index is 3.46. The second-order valence-corrected chi connectivity index (χ2v) is 6.33. The van der Waals surface area contributed by atoms with Gasteiger partial charge in [0.15, 0.2) is 0 Å². The van der Waals surface area contributed by atoms with Gasteiger partial charge < -0.3 is 4.48 Å². The van der Waals surface area contributed by atoms with E-state index in [-0.39, 0.29) is 0 Å². The van der Waals surface area contributed by atoms with Crippen molar-refractivity contribution in [2.45, 2.75) is 65.7 Å². The molecule has 0 saturated carbocycles. The molecule has 0 atom stereocenters. The van der Waals surface area contributed by atoms with Gasteiger partial charge in [0.05, 0.1) is 27.2 Å². The van der Waals surface area contributed by atoms with Crippen LogP contribution in [0.15, 0.2) is 0 Å². The number of hydrogen-bond donors (Lipinski definition) is 0. The van der Waals surface area contributed by atoms with E-state index in [2.05, 4.69) is 34.9 Å². The van der Waals surface area contributed by atoms with Gasteiger partial charge in [0.1, 0.15) is 0 Å². The van der Waals surface area contributed by atoms with E-state index in [1.165, 1.54) is 62.5 Å². The average Bonchev–Trinajstić information content (AvgIpc) is 2.19. The van der Waals surface area contributed by atoms with E-state index in [9.17, 15) is 0 Å². The fraction of sp³-hybridized carbons (Fsp3) is 1.00. The van der Waals surface area contributed by atoms with Crippen LogP contribution in [0.1, 0.15) is 65.7 Å². The third-order valence-electron chi connectivity index (χ3n) is 3.41. The van der Waals surface area contributed by atoms with Crippen LogP contribution in [-0.4, -0.2) is 31.7 Å². The lowest BCUT2D eigenvalue weighted by atomic mass is 10.1. The quantitative estimate of drug-likeness (QED) is 0.382. The molecular formula is C15H34N+.